The Balaban J connectivity index is 1.46. The van der Waals surface area contributed by atoms with E-state index in [1.807, 2.05) is 13.8 Å². The van der Waals surface area contributed by atoms with Crippen molar-refractivity contribution in [2.24, 2.45) is 0 Å². The predicted octanol–water partition coefficient (Wildman–Crippen LogP) is 3.31. The van der Waals surface area contributed by atoms with Gasteiger partial charge in [0.25, 0.3) is 5.91 Å². The molecule has 29 heavy (non-hydrogen) atoms. The van der Waals surface area contributed by atoms with E-state index in [-0.39, 0.29) is 6.54 Å². The number of amides is 2. The van der Waals surface area contributed by atoms with Crippen LogP contribution in [0.3, 0.4) is 0 Å². The molecule has 2 aromatic rings. The van der Waals surface area contributed by atoms with Crippen LogP contribution >= 0.6 is 11.6 Å². The van der Waals surface area contributed by atoms with Crippen molar-refractivity contribution < 1.29 is 19.1 Å². The molecule has 0 bridgehead atoms. The second-order valence-corrected chi connectivity index (χ2v) is 7.61. The van der Waals surface area contributed by atoms with Crippen LogP contribution in [0.4, 0.5) is 5.69 Å². The smallest absolute Gasteiger partial charge is 0.340 e. The minimum Gasteiger partial charge on any atom is -0.452 e. The van der Waals surface area contributed by atoms with Gasteiger partial charge in [-0.1, -0.05) is 17.7 Å². The molecule has 1 heterocycles. The highest BCUT2D eigenvalue weighted by molar-refractivity contribution is 6.31. The first-order valence-electron chi connectivity index (χ1n) is 9.45. The van der Waals surface area contributed by atoms with Crippen molar-refractivity contribution in [1.29, 1.82) is 0 Å². The van der Waals surface area contributed by atoms with Gasteiger partial charge in [0.1, 0.15) is 0 Å². The van der Waals surface area contributed by atoms with E-state index in [0.717, 1.165) is 29.8 Å². The largest absolute Gasteiger partial charge is 0.452 e. The number of halogens is 1. The van der Waals surface area contributed by atoms with Gasteiger partial charge in [-0.3, -0.25) is 9.59 Å². The van der Waals surface area contributed by atoms with E-state index in [4.69, 9.17) is 16.3 Å². The number of anilines is 1. The number of nitrogens with zero attached hydrogens (tertiary/aromatic N) is 1. The van der Waals surface area contributed by atoms with Crippen LogP contribution in [0.25, 0.3) is 0 Å². The van der Waals surface area contributed by atoms with Gasteiger partial charge in [-0.15, -0.1) is 0 Å². The standard InChI is InChI=1S/C21H24ClN3O4/c1-12-9-16(14(3)25(12)15-7-8-15)21(28)29-11-20(27)23-10-19(26)24-18-6-4-5-17(22)13(18)2/h4-6,9,15H,7-8,10-11H2,1-3H3,(H,23,27)(H,24,26). The molecule has 154 valence electrons. The van der Waals surface area contributed by atoms with Crippen molar-refractivity contribution >= 4 is 35.1 Å². The summed E-state index contributed by atoms with van der Waals surface area (Å²) in [7, 11) is 0. The molecule has 7 nitrogen and oxygen atoms in total. The first-order valence-corrected chi connectivity index (χ1v) is 9.83. The van der Waals surface area contributed by atoms with Gasteiger partial charge in [0, 0.05) is 28.1 Å². The number of aromatic nitrogens is 1. The molecule has 2 N–H and O–H groups in total. The Hall–Kier alpha value is -2.80. The molecule has 3 rings (SSSR count). The Morgan fingerprint density at radius 2 is 1.90 bits per heavy atom. The number of rotatable bonds is 7. The number of hydrogen-bond acceptors (Lipinski definition) is 4. The number of esters is 1. The molecule has 0 saturated heterocycles. The van der Waals surface area contributed by atoms with Crippen molar-refractivity contribution in [1.82, 2.24) is 9.88 Å². The Bertz CT molecular complexity index is 963. The third-order valence-electron chi connectivity index (χ3n) is 4.94. The minimum atomic E-state index is -0.549. The first kappa shape index (κ1) is 20.9. The number of hydrogen-bond donors (Lipinski definition) is 2. The molecule has 0 radical (unpaired) electrons. The summed E-state index contributed by atoms with van der Waals surface area (Å²) in [6, 6.07) is 7.42. The summed E-state index contributed by atoms with van der Waals surface area (Å²) in [5, 5.41) is 5.66. The second kappa shape index (κ2) is 8.69. The fourth-order valence-electron chi connectivity index (χ4n) is 3.25. The van der Waals surface area contributed by atoms with E-state index in [9.17, 15) is 14.4 Å². The zero-order chi connectivity index (χ0) is 21.1. The second-order valence-electron chi connectivity index (χ2n) is 7.20. The van der Waals surface area contributed by atoms with Crippen LogP contribution in [0.15, 0.2) is 24.3 Å². The number of ether oxygens (including phenoxy) is 1. The Kier molecular flexibility index (Phi) is 6.27. The fourth-order valence-corrected chi connectivity index (χ4v) is 3.43. The molecule has 1 aliphatic rings. The molecule has 1 aliphatic carbocycles. The van der Waals surface area contributed by atoms with Gasteiger partial charge in [-0.2, -0.15) is 0 Å². The van der Waals surface area contributed by atoms with Crippen LogP contribution < -0.4 is 10.6 Å². The van der Waals surface area contributed by atoms with Crippen LogP contribution in [0.1, 0.15) is 46.2 Å². The van der Waals surface area contributed by atoms with Crippen LogP contribution in [-0.4, -0.2) is 35.5 Å². The van der Waals surface area contributed by atoms with Gasteiger partial charge in [0.2, 0.25) is 5.91 Å². The molecule has 1 aromatic heterocycles. The Morgan fingerprint density at radius 3 is 2.59 bits per heavy atom. The number of aryl methyl sites for hydroxylation is 1. The lowest BCUT2D eigenvalue weighted by Gasteiger charge is -2.10. The number of carbonyl (C=O) groups excluding carboxylic acids is 3. The fraction of sp³-hybridized carbons (Fsp3) is 0.381. The highest BCUT2D eigenvalue weighted by Crippen LogP contribution is 2.38. The molecule has 1 aromatic carbocycles. The average Bonchev–Trinajstić information content (AvgIpc) is 3.46. The van der Waals surface area contributed by atoms with Gasteiger partial charge in [0.15, 0.2) is 6.61 Å². The summed E-state index contributed by atoms with van der Waals surface area (Å²) in [6.45, 7) is 4.93. The van der Waals surface area contributed by atoms with Crippen molar-refractivity contribution in [3.05, 3.63) is 51.8 Å². The summed E-state index contributed by atoms with van der Waals surface area (Å²) in [4.78, 5) is 36.3. The molecule has 1 saturated carbocycles. The van der Waals surface area contributed by atoms with Crippen molar-refractivity contribution in [2.75, 3.05) is 18.5 Å². The third-order valence-corrected chi connectivity index (χ3v) is 5.35. The van der Waals surface area contributed by atoms with E-state index in [1.54, 1.807) is 31.2 Å². The van der Waals surface area contributed by atoms with Crippen molar-refractivity contribution in [2.45, 2.75) is 39.7 Å². The highest BCUT2D eigenvalue weighted by Gasteiger charge is 2.28. The highest BCUT2D eigenvalue weighted by atomic mass is 35.5. The molecule has 1 fully saturated rings. The zero-order valence-corrected chi connectivity index (χ0v) is 17.4. The summed E-state index contributed by atoms with van der Waals surface area (Å²) >= 11 is 6.02. The maximum Gasteiger partial charge on any atom is 0.340 e. The quantitative estimate of drug-likeness (QED) is 0.676. The van der Waals surface area contributed by atoms with Gasteiger partial charge in [-0.25, -0.2) is 4.79 Å². The monoisotopic (exact) mass is 417 g/mol. The van der Waals surface area contributed by atoms with E-state index in [1.165, 1.54) is 0 Å². The molecule has 0 unspecified atom stereocenters. The van der Waals surface area contributed by atoms with Crippen LogP contribution in [0.2, 0.25) is 5.02 Å². The van der Waals surface area contributed by atoms with Gasteiger partial charge >= 0.3 is 5.97 Å². The lowest BCUT2D eigenvalue weighted by Crippen LogP contribution is -2.35. The number of carbonyl (C=O) groups is 3. The molecule has 0 aliphatic heterocycles. The maximum atomic E-state index is 12.3. The first-order chi connectivity index (χ1) is 13.8. The Labute approximate surface area is 174 Å². The lowest BCUT2D eigenvalue weighted by atomic mass is 10.2. The molecular weight excluding hydrogens is 394 g/mol. The topological polar surface area (TPSA) is 89.4 Å². The maximum absolute atomic E-state index is 12.3. The third kappa shape index (κ3) is 4.98. The van der Waals surface area contributed by atoms with Gasteiger partial charge < -0.3 is 19.9 Å². The average molecular weight is 418 g/mol. The van der Waals surface area contributed by atoms with Crippen molar-refractivity contribution in [3.63, 3.8) is 0 Å². The SMILES string of the molecule is Cc1c(Cl)cccc1NC(=O)CNC(=O)COC(=O)c1cc(C)n(C2CC2)c1C. The molecule has 0 atom stereocenters. The van der Waals surface area contributed by atoms with Crippen LogP contribution in [0, 0.1) is 20.8 Å². The van der Waals surface area contributed by atoms with E-state index in [2.05, 4.69) is 15.2 Å². The van der Waals surface area contributed by atoms with E-state index >= 15 is 0 Å². The number of nitrogens with one attached hydrogen (secondary N) is 2. The van der Waals surface area contributed by atoms with E-state index in [0.29, 0.717) is 22.3 Å². The minimum absolute atomic E-state index is 0.238. The summed E-state index contributed by atoms with van der Waals surface area (Å²) in [5.74, 6) is -1.49. The summed E-state index contributed by atoms with van der Waals surface area (Å²) in [5.41, 5.74) is 3.65. The Morgan fingerprint density at radius 1 is 1.17 bits per heavy atom. The molecule has 2 amide bonds. The van der Waals surface area contributed by atoms with Crippen LogP contribution in [0.5, 0.6) is 0 Å². The summed E-state index contributed by atoms with van der Waals surface area (Å²) < 4.78 is 7.25. The summed E-state index contributed by atoms with van der Waals surface area (Å²) in [6.07, 6.45) is 2.23. The molecule has 0 spiro atoms. The predicted molar refractivity (Wildman–Crippen MR) is 110 cm³/mol. The van der Waals surface area contributed by atoms with Crippen molar-refractivity contribution in [3.8, 4) is 0 Å². The van der Waals surface area contributed by atoms with Gasteiger partial charge in [-0.05, 0) is 57.4 Å². The van der Waals surface area contributed by atoms with E-state index < -0.39 is 24.4 Å². The van der Waals surface area contributed by atoms with Gasteiger partial charge in [0.05, 0.1) is 12.1 Å². The molecule has 8 heteroatoms. The van der Waals surface area contributed by atoms with Crippen LogP contribution in [-0.2, 0) is 14.3 Å². The molecular formula is C21H24ClN3O4. The lowest BCUT2D eigenvalue weighted by molar-refractivity contribution is -0.126. The zero-order valence-electron chi connectivity index (χ0n) is 16.7. The number of benzene rings is 1. The normalized spacial score (nSPS) is 13.1.